The number of amides is 2. The molecule has 8 heteroatoms. The Kier molecular flexibility index (Phi) is 4.70. The summed E-state index contributed by atoms with van der Waals surface area (Å²) in [5, 5.41) is 1.49. The second-order valence-electron chi connectivity index (χ2n) is 5.13. The Morgan fingerprint density at radius 1 is 1.45 bits per heavy atom. The van der Waals surface area contributed by atoms with E-state index < -0.39 is 27.1 Å². The summed E-state index contributed by atoms with van der Waals surface area (Å²) in [4.78, 5) is 24.8. The summed E-state index contributed by atoms with van der Waals surface area (Å²) < 4.78 is 27.5. The Labute approximate surface area is 129 Å². The van der Waals surface area contributed by atoms with E-state index in [1.54, 1.807) is 24.3 Å². The summed E-state index contributed by atoms with van der Waals surface area (Å²) in [6.07, 6.45) is 0.628. The molecule has 2 amide bonds. The zero-order valence-corrected chi connectivity index (χ0v) is 13.2. The molecule has 1 atom stereocenters. The first-order chi connectivity index (χ1) is 10.3. The average molecular weight is 326 g/mol. The Balaban J connectivity index is 2.02. The van der Waals surface area contributed by atoms with E-state index in [1.165, 1.54) is 11.8 Å². The SMILES string of the molecule is C[C@H](C(=O)NCc1cccc(N2CCOC2=O)c1)S(C)(=O)=O. The normalized spacial score (nSPS) is 16.3. The molecule has 0 unspecified atom stereocenters. The van der Waals surface area contributed by atoms with E-state index in [9.17, 15) is 18.0 Å². The highest BCUT2D eigenvalue weighted by Crippen LogP contribution is 2.19. The van der Waals surface area contributed by atoms with Crippen molar-refractivity contribution in [3.8, 4) is 0 Å². The summed E-state index contributed by atoms with van der Waals surface area (Å²) in [6, 6.07) is 7.09. The number of carbonyl (C=O) groups excluding carboxylic acids is 2. The zero-order valence-electron chi connectivity index (χ0n) is 12.4. The number of rotatable bonds is 5. The predicted molar refractivity (Wildman–Crippen MR) is 81.3 cm³/mol. The van der Waals surface area contributed by atoms with Gasteiger partial charge in [-0.05, 0) is 24.6 Å². The van der Waals surface area contributed by atoms with Crippen LogP contribution in [0.5, 0.6) is 0 Å². The first-order valence-electron chi connectivity index (χ1n) is 6.79. The molecule has 1 aliphatic heterocycles. The second kappa shape index (κ2) is 6.35. The van der Waals surface area contributed by atoms with E-state index in [1.807, 2.05) is 0 Å². The molecule has 2 rings (SSSR count). The Hall–Kier alpha value is -2.09. The Bertz CT molecular complexity index is 686. The molecule has 0 aliphatic carbocycles. The van der Waals surface area contributed by atoms with Crippen molar-refractivity contribution in [3.05, 3.63) is 29.8 Å². The van der Waals surface area contributed by atoms with Gasteiger partial charge >= 0.3 is 6.09 Å². The van der Waals surface area contributed by atoms with Crippen molar-refractivity contribution >= 4 is 27.5 Å². The monoisotopic (exact) mass is 326 g/mol. The van der Waals surface area contributed by atoms with Gasteiger partial charge in [0.05, 0.1) is 6.54 Å². The second-order valence-corrected chi connectivity index (χ2v) is 7.49. The fraction of sp³-hybridized carbons (Fsp3) is 0.429. The minimum absolute atomic E-state index is 0.190. The van der Waals surface area contributed by atoms with Crippen molar-refractivity contribution in [2.45, 2.75) is 18.7 Å². The number of benzene rings is 1. The maximum atomic E-state index is 11.8. The Morgan fingerprint density at radius 3 is 2.77 bits per heavy atom. The predicted octanol–water partition coefficient (Wildman–Crippen LogP) is 0.693. The number of hydrogen-bond donors (Lipinski definition) is 1. The number of sulfone groups is 1. The van der Waals surface area contributed by atoms with Crippen molar-refractivity contribution in [2.75, 3.05) is 24.3 Å². The van der Waals surface area contributed by atoms with Crippen molar-refractivity contribution < 1.29 is 22.7 Å². The third-order valence-corrected chi connectivity index (χ3v) is 4.96. The van der Waals surface area contributed by atoms with Gasteiger partial charge in [-0.25, -0.2) is 13.2 Å². The summed E-state index contributed by atoms with van der Waals surface area (Å²) in [5.74, 6) is -0.548. The van der Waals surface area contributed by atoms with Gasteiger partial charge in [0.15, 0.2) is 9.84 Å². The first-order valence-corrected chi connectivity index (χ1v) is 8.74. The average Bonchev–Trinajstić information content (AvgIpc) is 2.89. The highest BCUT2D eigenvalue weighted by Gasteiger charge is 2.24. The lowest BCUT2D eigenvalue weighted by atomic mass is 10.2. The smallest absolute Gasteiger partial charge is 0.414 e. The lowest BCUT2D eigenvalue weighted by Crippen LogP contribution is -2.37. The molecule has 1 N–H and O–H groups in total. The van der Waals surface area contributed by atoms with Crippen LogP contribution in [-0.2, 0) is 25.9 Å². The van der Waals surface area contributed by atoms with E-state index in [0.717, 1.165) is 11.8 Å². The molecular formula is C14H18N2O5S. The van der Waals surface area contributed by atoms with Gasteiger partial charge in [0.25, 0.3) is 0 Å². The van der Waals surface area contributed by atoms with Crippen LogP contribution in [0.1, 0.15) is 12.5 Å². The van der Waals surface area contributed by atoms with E-state index in [-0.39, 0.29) is 6.54 Å². The molecule has 1 saturated heterocycles. The highest BCUT2D eigenvalue weighted by molar-refractivity contribution is 7.92. The highest BCUT2D eigenvalue weighted by atomic mass is 32.2. The van der Waals surface area contributed by atoms with Crippen LogP contribution in [0.25, 0.3) is 0 Å². The van der Waals surface area contributed by atoms with Gasteiger partial charge in [-0.1, -0.05) is 12.1 Å². The van der Waals surface area contributed by atoms with Gasteiger partial charge in [-0.3, -0.25) is 9.69 Å². The van der Waals surface area contributed by atoms with Crippen molar-refractivity contribution in [2.24, 2.45) is 0 Å². The number of anilines is 1. The number of hydrogen-bond acceptors (Lipinski definition) is 5. The molecule has 22 heavy (non-hydrogen) atoms. The molecule has 1 heterocycles. The van der Waals surface area contributed by atoms with E-state index in [2.05, 4.69) is 5.32 Å². The summed E-state index contributed by atoms with van der Waals surface area (Å²) in [7, 11) is -3.42. The van der Waals surface area contributed by atoms with Gasteiger partial charge in [-0.15, -0.1) is 0 Å². The van der Waals surface area contributed by atoms with Crippen molar-refractivity contribution in [1.29, 1.82) is 0 Å². The van der Waals surface area contributed by atoms with Crippen LogP contribution in [0, 0.1) is 0 Å². The molecule has 1 fully saturated rings. The van der Waals surface area contributed by atoms with Gasteiger partial charge < -0.3 is 10.1 Å². The number of ether oxygens (including phenoxy) is 1. The quantitative estimate of drug-likeness (QED) is 0.859. The summed E-state index contributed by atoms with van der Waals surface area (Å²) in [5.41, 5.74) is 1.46. The molecule has 7 nitrogen and oxygen atoms in total. The van der Waals surface area contributed by atoms with Gasteiger partial charge in [0.1, 0.15) is 11.9 Å². The van der Waals surface area contributed by atoms with Crippen LogP contribution in [0.4, 0.5) is 10.5 Å². The van der Waals surface area contributed by atoms with Crippen molar-refractivity contribution in [3.63, 3.8) is 0 Å². The molecule has 1 aliphatic rings. The molecule has 1 aromatic carbocycles. The molecule has 0 aromatic heterocycles. The van der Waals surface area contributed by atoms with Crippen LogP contribution in [0.15, 0.2) is 24.3 Å². The topological polar surface area (TPSA) is 92.8 Å². The van der Waals surface area contributed by atoms with Crippen LogP contribution in [0.3, 0.4) is 0 Å². The summed E-state index contributed by atoms with van der Waals surface area (Å²) in [6.45, 7) is 2.38. The third kappa shape index (κ3) is 3.76. The van der Waals surface area contributed by atoms with E-state index in [4.69, 9.17) is 4.74 Å². The Morgan fingerprint density at radius 2 is 2.18 bits per heavy atom. The fourth-order valence-corrected chi connectivity index (χ4v) is 2.46. The molecular weight excluding hydrogens is 308 g/mol. The lowest BCUT2D eigenvalue weighted by Gasteiger charge is -2.15. The zero-order chi connectivity index (χ0) is 16.3. The van der Waals surface area contributed by atoms with Crippen LogP contribution in [-0.4, -0.2) is 45.1 Å². The van der Waals surface area contributed by atoms with Gasteiger partial charge in [0, 0.05) is 18.5 Å². The standard InChI is InChI=1S/C14H18N2O5S/c1-10(22(2,19)20)13(17)15-9-11-4-3-5-12(8-11)16-6-7-21-14(16)18/h3-5,8,10H,6-7,9H2,1-2H3,(H,15,17)/t10-/m1/s1. The number of cyclic esters (lactones) is 1. The maximum Gasteiger partial charge on any atom is 0.414 e. The van der Waals surface area contributed by atoms with Gasteiger partial charge in [0.2, 0.25) is 5.91 Å². The van der Waals surface area contributed by atoms with E-state index >= 15 is 0 Å². The minimum Gasteiger partial charge on any atom is -0.447 e. The summed E-state index contributed by atoms with van der Waals surface area (Å²) >= 11 is 0. The largest absolute Gasteiger partial charge is 0.447 e. The first kappa shape index (κ1) is 16.3. The number of nitrogens with zero attached hydrogens (tertiary/aromatic N) is 1. The number of nitrogens with one attached hydrogen (secondary N) is 1. The lowest BCUT2D eigenvalue weighted by molar-refractivity contribution is -0.120. The van der Waals surface area contributed by atoms with Crippen LogP contribution >= 0.6 is 0 Å². The molecule has 120 valence electrons. The molecule has 0 radical (unpaired) electrons. The molecule has 0 saturated carbocycles. The maximum absolute atomic E-state index is 11.8. The number of carbonyl (C=O) groups is 2. The fourth-order valence-electron chi connectivity index (χ4n) is 1.99. The molecule has 0 bridgehead atoms. The van der Waals surface area contributed by atoms with E-state index in [0.29, 0.717) is 18.8 Å². The molecule has 1 aromatic rings. The van der Waals surface area contributed by atoms with Crippen LogP contribution in [0.2, 0.25) is 0 Å². The van der Waals surface area contributed by atoms with Crippen LogP contribution < -0.4 is 10.2 Å². The molecule has 0 spiro atoms. The van der Waals surface area contributed by atoms with Gasteiger partial charge in [-0.2, -0.15) is 0 Å². The third-order valence-electron chi connectivity index (χ3n) is 3.46. The van der Waals surface area contributed by atoms with Crippen molar-refractivity contribution in [1.82, 2.24) is 5.32 Å². The minimum atomic E-state index is -3.42.